The van der Waals surface area contributed by atoms with E-state index in [0.717, 1.165) is 39.2 Å². The van der Waals surface area contributed by atoms with Crippen LogP contribution in [0.3, 0.4) is 0 Å². The number of fused-ring (bicyclic) bond motifs is 2. The van der Waals surface area contributed by atoms with Crippen molar-refractivity contribution >= 4 is 49.5 Å². The number of pyridine rings is 1. The standard InChI is InChI=1S/C22H23BrN6O2/c23-15-8-12-3-1-11(7-16(12)28-21(15)25)2-4-13-9-17(19(31)18(13)30)29-6-5-14-20(24)26-10-27-22(14)29/h1,3,5-8,10,13,17-19,30-31H,2,4,9H2,(H2,25,28)(H2,24,26,27)/t13-,17?,18+,19-/m0/s1. The van der Waals surface area contributed by atoms with Gasteiger partial charge in [0.25, 0.3) is 0 Å². The maximum absolute atomic E-state index is 10.7. The van der Waals surface area contributed by atoms with Gasteiger partial charge in [0.15, 0.2) is 0 Å². The molecule has 3 aromatic heterocycles. The van der Waals surface area contributed by atoms with Crippen LogP contribution in [0, 0.1) is 5.92 Å². The lowest BCUT2D eigenvalue weighted by molar-refractivity contribution is 0.00545. The highest BCUT2D eigenvalue weighted by Gasteiger charge is 2.42. The summed E-state index contributed by atoms with van der Waals surface area (Å²) in [7, 11) is 0. The average Bonchev–Trinajstić information content (AvgIpc) is 3.30. The summed E-state index contributed by atoms with van der Waals surface area (Å²) in [6, 6.07) is 9.68. The van der Waals surface area contributed by atoms with E-state index in [4.69, 9.17) is 11.5 Å². The number of nitrogens with two attached hydrogens (primary N) is 2. The molecule has 5 rings (SSSR count). The number of hydrogen-bond acceptors (Lipinski definition) is 7. The number of rotatable bonds is 4. The van der Waals surface area contributed by atoms with Crippen molar-refractivity contribution in [1.82, 2.24) is 19.5 Å². The topological polar surface area (TPSA) is 136 Å². The lowest BCUT2D eigenvalue weighted by Gasteiger charge is -2.19. The molecule has 0 radical (unpaired) electrons. The fourth-order valence-corrected chi connectivity index (χ4v) is 4.96. The third-order valence-electron chi connectivity index (χ3n) is 6.34. The highest BCUT2D eigenvalue weighted by molar-refractivity contribution is 9.10. The Balaban J connectivity index is 1.34. The van der Waals surface area contributed by atoms with Gasteiger partial charge in [0.1, 0.15) is 29.7 Å². The van der Waals surface area contributed by atoms with Crippen LogP contribution >= 0.6 is 15.9 Å². The normalized spacial score (nSPS) is 23.7. The van der Waals surface area contributed by atoms with Crippen LogP contribution in [0.5, 0.6) is 0 Å². The van der Waals surface area contributed by atoms with E-state index in [9.17, 15) is 10.2 Å². The summed E-state index contributed by atoms with van der Waals surface area (Å²) in [5.74, 6) is 0.839. The van der Waals surface area contributed by atoms with Gasteiger partial charge in [0, 0.05) is 11.6 Å². The van der Waals surface area contributed by atoms with Gasteiger partial charge in [-0.15, -0.1) is 0 Å². The highest BCUT2D eigenvalue weighted by atomic mass is 79.9. The van der Waals surface area contributed by atoms with Crippen LogP contribution in [-0.4, -0.2) is 41.9 Å². The van der Waals surface area contributed by atoms with Crippen LogP contribution in [0.4, 0.5) is 11.6 Å². The largest absolute Gasteiger partial charge is 0.390 e. The predicted octanol–water partition coefficient (Wildman–Crippen LogP) is 2.82. The smallest absolute Gasteiger partial charge is 0.145 e. The molecule has 0 amide bonds. The van der Waals surface area contributed by atoms with Crippen molar-refractivity contribution in [2.45, 2.75) is 37.5 Å². The Labute approximate surface area is 187 Å². The van der Waals surface area contributed by atoms with E-state index in [2.05, 4.69) is 36.9 Å². The maximum atomic E-state index is 10.7. The summed E-state index contributed by atoms with van der Waals surface area (Å²) in [4.78, 5) is 12.8. The summed E-state index contributed by atoms with van der Waals surface area (Å²) < 4.78 is 2.69. The van der Waals surface area contributed by atoms with Gasteiger partial charge in [0.05, 0.1) is 27.5 Å². The second kappa shape index (κ2) is 7.74. The zero-order valence-electron chi connectivity index (χ0n) is 16.7. The monoisotopic (exact) mass is 482 g/mol. The second-order valence-corrected chi connectivity index (χ2v) is 9.04. The van der Waals surface area contributed by atoms with Crippen molar-refractivity contribution < 1.29 is 10.2 Å². The lowest BCUT2D eigenvalue weighted by atomic mass is 9.95. The minimum atomic E-state index is -0.868. The van der Waals surface area contributed by atoms with Gasteiger partial charge >= 0.3 is 0 Å². The fraction of sp³-hybridized carbons (Fsp3) is 0.318. The molecular weight excluding hydrogens is 460 g/mol. The number of aliphatic hydroxyl groups excluding tert-OH is 2. The molecule has 0 saturated heterocycles. The number of anilines is 2. The summed E-state index contributed by atoms with van der Waals surface area (Å²) in [5, 5.41) is 23.2. The van der Waals surface area contributed by atoms with Crippen molar-refractivity contribution in [2.75, 3.05) is 11.5 Å². The molecule has 4 atom stereocenters. The molecule has 160 valence electrons. The fourth-order valence-electron chi connectivity index (χ4n) is 4.63. The number of halogens is 1. The van der Waals surface area contributed by atoms with E-state index < -0.39 is 12.2 Å². The molecule has 8 nitrogen and oxygen atoms in total. The Morgan fingerprint density at radius 1 is 1.06 bits per heavy atom. The summed E-state index contributed by atoms with van der Waals surface area (Å²) in [6.45, 7) is 0. The van der Waals surface area contributed by atoms with Gasteiger partial charge in [-0.1, -0.05) is 12.1 Å². The molecule has 0 spiro atoms. The number of benzene rings is 1. The zero-order valence-corrected chi connectivity index (χ0v) is 18.3. The number of aromatic nitrogens is 4. The molecule has 1 unspecified atom stereocenters. The zero-order chi connectivity index (χ0) is 21.7. The number of aryl methyl sites for hydroxylation is 1. The van der Waals surface area contributed by atoms with Crippen LogP contribution < -0.4 is 11.5 Å². The number of hydrogen-bond donors (Lipinski definition) is 4. The quantitative estimate of drug-likeness (QED) is 0.351. The SMILES string of the molecule is Nc1nc2cc(CC[C@H]3CC(n4ccc5c(N)ncnc54)[C@H](O)[C@@H]3O)ccc2cc1Br. The summed E-state index contributed by atoms with van der Waals surface area (Å²) in [5.41, 5.74) is 14.5. The molecule has 1 saturated carbocycles. The van der Waals surface area contributed by atoms with E-state index in [1.54, 1.807) is 0 Å². The van der Waals surface area contributed by atoms with Gasteiger partial charge in [-0.25, -0.2) is 15.0 Å². The average molecular weight is 483 g/mol. The summed E-state index contributed by atoms with van der Waals surface area (Å²) >= 11 is 3.41. The minimum Gasteiger partial charge on any atom is -0.390 e. The molecule has 3 heterocycles. The first-order chi connectivity index (χ1) is 14.9. The molecule has 4 aromatic rings. The first-order valence-electron chi connectivity index (χ1n) is 10.2. The molecular formula is C22H23BrN6O2. The van der Waals surface area contributed by atoms with Crippen molar-refractivity contribution in [3.63, 3.8) is 0 Å². The molecule has 1 aromatic carbocycles. The Morgan fingerprint density at radius 2 is 1.90 bits per heavy atom. The summed E-state index contributed by atoms with van der Waals surface area (Å²) in [6.07, 6.45) is 3.79. The van der Waals surface area contributed by atoms with E-state index >= 15 is 0 Å². The van der Waals surface area contributed by atoms with Crippen molar-refractivity contribution in [2.24, 2.45) is 5.92 Å². The van der Waals surface area contributed by atoms with Crippen LogP contribution in [0.2, 0.25) is 0 Å². The highest BCUT2D eigenvalue weighted by Crippen LogP contribution is 2.39. The van der Waals surface area contributed by atoms with E-state index in [-0.39, 0.29) is 12.0 Å². The molecule has 9 heteroatoms. The van der Waals surface area contributed by atoms with Gasteiger partial charge in [-0.3, -0.25) is 0 Å². The third-order valence-corrected chi connectivity index (χ3v) is 6.97. The number of aliphatic hydroxyl groups is 2. The number of nitrogen functional groups attached to an aromatic ring is 2. The van der Waals surface area contributed by atoms with Crippen LogP contribution in [-0.2, 0) is 6.42 Å². The van der Waals surface area contributed by atoms with Crippen molar-refractivity contribution in [3.05, 3.63) is 52.9 Å². The molecule has 0 bridgehead atoms. The van der Waals surface area contributed by atoms with E-state index in [0.29, 0.717) is 23.7 Å². The van der Waals surface area contributed by atoms with E-state index in [1.807, 2.05) is 35.0 Å². The lowest BCUT2D eigenvalue weighted by Crippen LogP contribution is -2.29. The minimum absolute atomic E-state index is 0.0322. The Morgan fingerprint density at radius 3 is 2.74 bits per heavy atom. The Bertz CT molecular complexity index is 1280. The molecule has 31 heavy (non-hydrogen) atoms. The Hall–Kier alpha value is -2.75. The van der Waals surface area contributed by atoms with Gasteiger partial charge < -0.3 is 26.2 Å². The van der Waals surface area contributed by atoms with E-state index in [1.165, 1.54) is 6.33 Å². The van der Waals surface area contributed by atoms with Crippen molar-refractivity contribution in [3.8, 4) is 0 Å². The van der Waals surface area contributed by atoms with Crippen LogP contribution in [0.1, 0.15) is 24.4 Å². The first kappa shape index (κ1) is 20.2. The molecule has 6 N–H and O–H groups in total. The number of nitrogens with zero attached hydrogens (tertiary/aromatic N) is 4. The van der Waals surface area contributed by atoms with Gasteiger partial charge in [-0.2, -0.15) is 0 Å². The predicted molar refractivity (Wildman–Crippen MR) is 123 cm³/mol. The van der Waals surface area contributed by atoms with Crippen LogP contribution in [0.25, 0.3) is 21.9 Å². The third kappa shape index (κ3) is 3.52. The van der Waals surface area contributed by atoms with Crippen molar-refractivity contribution in [1.29, 1.82) is 0 Å². The molecule has 1 aliphatic rings. The van der Waals surface area contributed by atoms with Gasteiger partial charge in [-0.05, 0) is 64.9 Å². The first-order valence-corrected chi connectivity index (χ1v) is 11.0. The molecule has 0 aliphatic heterocycles. The molecule has 1 fully saturated rings. The molecule has 1 aliphatic carbocycles. The maximum Gasteiger partial charge on any atom is 0.145 e. The van der Waals surface area contributed by atoms with Gasteiger partial charge in [0.2, 0.25) is 0 Å². The Kier molecular flexibility index (Phi) is 5.04. The second-order valence-electron chi connectivity index (χ2n) is 8.18. The van der Waals surface area contributed by atoms with Crippen LogP contribution in [0.15, 0.2) is 47.3 Å².